The van der Waals surface area contributed by atoms with E-state index in [9.17, 15) is 0 Å². The highest BCUT2D eigenvalue weighted by Crippen LogP contribution is 2.28. The topological polar surface area (TPSA) is 62.8 Å². The number of benzene rings is 2. The van der Waals surface area contributed by atoms with E-state index in [0.29, 0.717) is 25.2 Å². The minimum Gasteiger partial charge on any atom is -0.493 e. The van der Waals surface area contributed by atoms with Crippen molar-refractivity contribution in [2.24, 2.45) is 0 Å². The number of rotatable bonds is 5. The summed E-state index contributed by atoms with van der Waals surface area (Å²) in [4.78, 5) is 14.2. The van der Waals surface area contributed by atoms with Gasteiger partial charge < -0.3 is 14.8 Å². The molecule has 3 aromatic rings. The summed E-state index contributed by atoms with van der Waals surface area (Å²) in [7, 11) is 0. The van der Waals surface area contributed by atoms with Crippen molar-refractivity contribution in [3.05, 3.63) is 72.4 Å². The number of nitrogens with zero attached hydrogens (tertiary/aromatic N) is 4. The molecule has 2 aliphatic heterocycles. The maximum atomic E-state index is 6.35. The molecule has 0 spiro atoms. The molecule has 1 aromatic heterocycles. The molecule has 2 aromatic carbocycles. The molecule has 7 heteroatoms. The van der Waals surface area contributed by atoms with Crippen LogP contribution in [0.2, 0.25) is 0 Å². The third-order valence-corrected chi connectivity index (χ3v) is 7.13. The second-order valence-corrected chi connectivity index (χ2v) is 10.3. The molecule has 0 aliphatic carbocycles. The Bertz CT molecular complexity index is 1220. The van der Waals surface area contributed by atoms with Crippen LogP contribution in [0.25, 0.3) is 11.3 Å². The van der Waals surface area contributed by atoms with Gasteiger partial charge >= 0.3 is 0 Å². The molecule has 0 saturated carbocycles. The molecular weight excluding hydrogens is 474 g/mol. The van der Waals surface area contributed by atoms with Gasteiger partial charge in [-0.1, -0.05) is 24.3 Å². The monoisotopic (exact) mass is 513 g/mol. The molecule has 3 heterocycles. The van der Waals surface area contributed by atoms with E-state index in [1.165, 1.54) is 25.9 Å². The molecule has 1 N–H and O–H groups in total. The number of hydrogen-bond donors (Lipinski definition) is 1. The fourth-order valence-electron chi connectivity index (χ4n) is 4.92. The molecule has 7 nitrogen and oxygen atoms in total. The lowest BCUT2D eigenvalue weighted by Crippen LogP contribution is -2.31. The lowest BCUT2D eigenvalue weighted by atomic mass is 10.1. The van der Waals surface area contributed by atoms with Crippen molar-refractivity contribution in [3.8, 4) is 22.8 Å². The fraction of sp³-hybridized carbons (Fsp3) is 0.419. The van der Waals surface area contributed by atoms with Gasteiger partial charge in [0, 0.05) is 48.7 Å². The summed E-state index contributed by atoms with van der Waals surface area (Å²) < 4.78 is 12.4. The highest BCUT2D eigenvalue weighted by Gasteiger charge is 2.16. The van der Waals surface area contributed by atoms with Crippen LogP contribution in [0.3, 0.4) is 0 Å². The minimum atomic E-state index is 0.387. The largest absolute Gasteiger partial charge is 0.493 e. The smallest absolute Gasteiger partial charge is 0.227 e. The molecule has 0 amide bonds. The van der Waals surface area contributed by atoms with Crippen molar-refractivity contribution >= 4 is 11.6 Å². The van der Waals surface area contributed by atoms with E-state index in [-0.39, 0.29) is 0 Å². The van der Waals surface area contributed by atoms with Gasteiger partial charge in [0.1, 0.15) is 18.1 Å². The number of aromatic nitrogens is 2. The van der Waals surface area contributed by atoms with Crippen molar-refractivity contribution < 1.29 is 9.47 Å². The first-order chi connectivity index (χ1) is 18.6. The van der Waals surface area contributed by atoms with Crippen LogP contribution in [0.5, 0.6) is 11.5 Å². The van der Waals surface area contributed by atoms with Crippen molar-refractivity contribution in [1.29, 1.82) is 0 Å². The van der Waals surface area contributed by atoms with Gasteiger partial charge in [0.05, 0.1) is 12.3 Å². The van der Waals surface area contributed by atoms with Gasteiger partial charge in [0.15, 0.2) is 0 Å². The first-order valence-electron chi connectivity index (χ1n) is 13.8. The van der Waals surface area contributed by atoms with Gasteiger partial charge in [-0.25, -0.2) is 9.97 Å². The van der Waals surface area contributed by atoms with Crippen LogP contribution in [0, 0.1) is 0 Å². The van der Waals surface area contributed by atoms with E-state index in [2.05, 4.69) is 64.3 Å². The Balaban J connectivity index is 1.43. The zero-order valence-corrected chi connectivity index (χ0v) is 22.6. The zero-order valence-electron chi connectivity index (χ0n) is 22.6. The van der Waals surface area contributed by atoms with Crippen molar-refractivity contribution in [1.82, 2.24) is 19.8 Å². The maximum absolute atomic E-state index is 6.35. The van der Waals surface area contributed by atoms with Gasteiger partial charge in [-0.3, -0.25) is 9.80 Å². The molecule has 200 valence electrons. The number of ether oxygens (including phenoxy) is 2. The summed E-state index contributed by atoms with van der Waals surface area (Å²) in [6.45, 7) is 10.8. The van der Waals surface area contributed by atoms with E-state index in [4.69, 9.17) is 14.5 Å². The van der Waals surface area contributed by atoms with Gasteiger partial charge in [0.25, 0.3) is 0 Å². The third kappa shape index (κ3) is 7.11. The molecule has 38 heavy (non-hydrogen) atoms. The van der Waals surface area contributed by atoms with Gasteiger partial charge in [-0.2, -0.15) is 0 Å². The molecule has 1 saturated heterocycles. The first-order valence-corrected chi connectivity index (χ1v) is 13.8. The summed E-state index contributed by atoms with van der Waals surface area (Å²) in [6.07, 6.45) is 9.70. The van der Waals surface area contributed by atoms with Crippen LogP contribution in [0.15, 0.2) is 66.9 Å². The molecule has 6 bridgehead atoms. The molecule has 5 rings (SSSR count). The van der Waals surface area contributed by atoms with Gasteiger partial charge in [-0.05, 0) is 82.6 Å². The third-order valence-electron chi connectivity index (χ3n) is 7.13. The van der Waals surface area contributed by atoms with E-state index in [1.54, 1.807) is 6.20 Å². The Kier molecular flexibility index (Phi) is 8.89. The Morgan fingerprint density at radius 2 is 1.95 bits per heavy atom. The first kappa shape index (κ1) is 26.2. The highest BCUT2D eigenvalue weighted by molar-refractivity contribution is 5.64. The Morgan fingerprint density at radius 1 is 1.05 bits per heavy atom. The maximum Gasteiger partial charge on any atom is 0.227 e. The standard InChI is InChI=1S/C31H39N5O2/c1-24(2)36-17-4-3-7-19-37-28-10-8-9-25(22-28)29-13-14-32-31(34-29)33-27-11-12-30(26(21-27)23-36)38-20-18-35-15-5-6-16-35/h3-4,8-14,21-22,24H,5-7,15-20,23H2,1-2H3,(H,32,33,34)/b4-3+. The molecule has 2 aliphatic rings. The number of hydrogen-bond acceptors (Lipinski definition) is 7. The van der Waals surface area contributed by atoms with Crippen LogP contribution >= 0.6 is 0 Å². The average Bonchev–Trinajstić information content (AvgIpc) is 3.44. The van der Waals surface area contributed by atoms with E-state index >= 15 is 0 Å². The second kappa shape index (κ2) is 12.9. The Hall–Kier alpha value is -3.42. The molecule has 0 unspecified atom stereocenters. The van der Waals surface area contributed by atoms with Gasteiger partial charge in [-0.15, -0.1) is 0 Å². The molecule has 0 atom stereocenters. The Labute approximate surface area is 226 Å². The lowest BCUT2D eigenvalue weighted by molar-refractivity contribution is 0.218. The molecule has 1 fully saturated rings. The minimum absolute atomic E-state index is 0.387. The van der Waals surface area contributed by atoms with Crippen molar-refractivity contribution in [2.75, 3.05) is 44.7 Å². The molecule has 0 radical (unpaired) electrons. The summed E-state index contributed by atoms with van der Waals surface area (Å²) in [5.74, 6) is 2.35. The quantitative estimate of drug-likeness (QED) is 0.426. The van der Waals surface area contributed by atoms with E-state index in [0.717, 1.165) is 60.1 Å². The van der Waals surface area contributed by atoms with Gasteiger partial charge in [0.2, 0.25) is 5.95 Å². The summed E-state index contributed by atoms with van der Waals surface area (Å²) in [6, 6.07) is 16.7. The van der Waals surface area contributed by atoms with Crippen LogP contribution in [0.1, 0.15) is 38.7 Å². The second-order valence-electron chi connectivity index (χ2n) is 10.3. The fourth-order valence-corrected chi connectivity index (χ4v) is 4.92. The van der Waals surface area contributed by atoms with Crippen molar-refractivity contribution in [3.63, 3.8) is 0 Å². The van der Waals surface area contributed by atoms with E-state index in [1.807, 2.05) is 30.3 Å². The SMILES string of the molecule is CC(C)N1C/C=C/CCOc2cccc(c2)-c2ccnc(n2)Nc2ccc(OCCN3CCCC3)c(c2)C1. The summed E-state index contributed by atoms with van der Waals surface area (Å²) >= 11 is 0. The van der Waals surface area contributed by atoms with Crippen molar-refractivity contribution in [2.45, 2.75) is 45.7 Å². The number of fused-ring (bicyclic) bond motifs is 7. The highest BCUT2D eigenvalue weighted by atomic mass is 16.5. The normalized spacial score (nSPS) is 17.8. The predicted octanol–water partition coefficient (Wildman–Crippen LogP) is 5.91. The van der Waals surface area contributed by atoms with E-state index < -0.39 is 0 Å². The number of likely N-dealkylation sites (tertiary alicyclic amines) is 1. The number of anilines is 2. The van der Waals surface area contributed by atoms with Crippen LogP contribution in [-0.4, -0.2) is 65.2 Å². The zero-order chi connectivity index (χ0) is 26.2. The average molecular weight is 514 g/mol. The van der Waals surface area contributed by atoms with Crippen LogP contribution < -0.4 is 14.8 Å². The summed E-state index contributed by atoms with van der Waals surface area (Å²) in [5.41, 5.74) is 3.95. The number of nitrogens with one attached hydrogen (secondary N) is 1. The summed E-state index contributed by atoms with van der Waals surface area (Å²) in [5, 5.41) is 3.42. The van der Waals surface area contributed by atoms with Crippen LogP contribution in [0.4, 0.5) is 11.6 Å². The predicted molar refractivity (Wildman–Crippen MR) is 153 cm³/mol. The lowest BCUT2D eigenvalue weighted by Gasteiger charge is -2.27. The Morgan fingerprint density at radius 3 is 2.82 bits per heavy atom. The van der Waals surface area contributed by atoms with Crippen LogP contribution in [-0.2, 0) is 6.54 Å². The molecular formula is C31H39N5O2.